The second-order valence-corrected chi connectivity index (χ2v) is 32.2. The minimum absolute atomic E-state index is 0.0247. The number of rotatable bonds is 26. The Balaban J connectivity index is 0.000000156. The monoisotopic (exact) mass is 1840 g/mol. The van der Waals surface area contributed by atoms with E-state index in [0.29, 0.717) is 148 Å². The van der Waals surface area contributed by atoms with E-state index in [1.807, 2.05) is 50.2 Å². The van der Waals surface area contributed by atoms with E-state index in [9.17, 15) is 53.1 Å². The number of hydrogen-bond donors (Lipinski definition) is 1. The molecule has 15 aromatic rings. The third-order valence-corrected chi connectivity index (χ3v) is 22.4. The Morgan fingerprint density at radius 1 is 0.326 bits per heavy atom. The van der Waals surface area contributed by atoms with E-state index in [1.165, 1.54) is 30.3 Å². The van der Waals surface area contributed by atoms with E-state index in [4.69, 9.17) is 81.7 Å². The molecule has 0 fully saturated rings. The molecule has 24 nitrogen and oxygen atoms in total. The van der Waals surface area contributed by atoms with Crippen molar-refractivity contribution in [1.29, 1.82) is 0 Å². The number of nitrogens with zero attached hydrogens (tertiary/aromatic N) is 8. The van der Waals surface area contributed by atoms with Crippen LogP contribution in [0.4, 0.5) is 0 Å². The number of pyridine rings is 1. The summed E-state index contributed by atoms with van der Waals surface area (Å²) in [6, 6.07) is 59.0. The number of Topliss-reactive ketones (excluding diaryl/α,β-unsaturated/α-hetero) is 4. The molecule has 0 aliphatic heterocycles. The van der Waals surface area contributed by atoms with Crippen LogP contribution in [0.3, 0.4) is 0 Å². The summed E-state index contributed by atoms with van der Waals surface area (Å²) in [6.45, 7) is 12.2. The second-order valence-electron chi connectivity index (χ2n) is 30.0. The molecular weight excluding hydrogens is 1750 g/mol. The van der Waals surface area contributed by atoms with Gasteiger partial charge in [-0.15, -0.1) is 0 Å². The molecule has 0 atom stereocenters. The van der Waals surface area contributed by atoms with E-state index in [0.717, 1.165) is 85.1 Å². The maximum absolute atomic E-state index is 13.3. The molecule has 664 valence electrons. The first kappa shape index (κ1) is 96.3. The molecule has 0 saturated heterocycles. The first-order valence-corrected chi connectivity index (χ1v) is 43.0. The number of aromatic nitrogens is 8. The van der Waals surface area contributed by atoms with E-state index < -0.39 is 5.97 Å². The van der Waals surface area contributed by atoms with Crippen molar-refractivity contribution in [2.45, 2.75) is 119 Å². The van der Waals surface area contributed by atoms with Crippen molar-refractivity contribution in [2.24, 2.45) is 0 Å². The zero-order valence-corrected chi connectivity index (χ0v) is 76.7. The average molecular weight is 1840 g/mol. The molecule has 0 unspecified atom stereocenters. The van der Waals surface area contributed by atoms with E-state index >= 15 is 0 Å². The van der Waals surface area contributed by atoms with Crippen molar-refractivity contribution < 1.29 is 76.7 Å². The Labute approximate surface area is 769 Å². The van der Waals surface area contributed by atoms with Crippen LogP contribution in [0.25, 0.3) is 54.6 Å². The zero-order valence-electron chi connectivity index (χ0n) is 72.9. The lowest BCUT2D eigenvalue weighted by atomic mass is 10.0. The number of ketones is 4. The van der Waals surface area contributed by atoms with Gasteiger partial charge in [0.05, 0.1) is 93.8 Å². The Morgan fingerprint density at radius 2 is 0.659 bits per heavy atom. The van der Waals surface area contributed by atoms with E-state index in [-0.39, 0.29) is 71.9 Å². The molecule has 129 heavy (non-hydrogen) atoms. The van der Waals surface area contributed by atoms with Gasteiger partial charge in [-0.25, -0.2) is 4.98 Å². The molecule has 0 saturated carbocycles. The van der Waals surface area contributed by atoms with Crippen LogP contribution in [0.2, 0.25) is 25.1 Å². The lowest BCUT2D eigenvalue weighted by Crippen LogP contribution is -2.16. The number of methoxy groups -OCH3 is 5. The van der Waals surface area contributed by atoms with Crippen LogP contribution < -0.4 is 23.7 Å². The summed E-state index contributed by atoms with van der Waals surface area (Å²) in [7, 11) is 7.87. The Morgan fingerprint density at radius 3 is 1.02 bits per heavy atom. The van der Waals surface area contributed by atoms with Crippen LogP contribution in [0.15, 0.2) is 206 Å². The maximum Gasteiger partial charge on any atom is 0.307 e. The molecule has 0 bridgehead atoms. The topological polar surface area (TPSA) is 300 Å². The minimum atomic E-state index is -0.937. The highest BCUT2D eigenvalue weighted by molar-refractivity contribution is 6.32. The van der Waals surface area contributed by atoms with E-state index in [2.05, 4.69) is 22.1 Å². The van der Waals surface area contributed by atoms with Gasteiger partial charge in [-0.1, -0.05) is 85.2 Å². The highest BCUT2D eigenvalue weighted by Crippen LogP contribution is 2.37. The maximum atomic E-state index is 13.3. The Kier molecular flexibility index (Phi) is 32.8. The van der Waals surface area contributed by atoms with Crippen LogP contribution in [0, 0.1) is 0 Å². The molecule has 6 heterocycles. The lowest BCUT2D eigenvalue weighted by Gasteiger charge is -2.11. The third-order valence-electron chi connectivity index (χ3n) is 21.1. The number of carboxylic acid groups (broad SMARTS) is 1. The fraction of sp³-hybridized carbons (Fsp3) is 0.230. The Bertz CT molecular complexity index is 6590. The van der Waals surface area contributed by atoms with Crippen molar-refractivity contribution in [3.05, 3.63) is 304 Å². The SMILES string of the molecule is CCCc1c(CC(=O)O)c2cc(OC)ccc2n1C(=O)c1ccc(Cl)cc1.CCc1c(CCC(C)=O)c2cc(OC)ccc2n1C(=O)c1ccc(Cl)cc1.CCc1c(CCC(C)=O)n(C(=O)c2ccc(Cl)cc2)c2ccc(OC)cc12.COc1ccc2c(c1)c(CC(C)=O)nn2C(=O)c1ccc(Cl)cc1.COc1ccc2c(n1)c(CC(C)=O)nn2C(=O)c1ccc(Cl)cc1. The number of carbonyl (C=O) groups excluding carboxylic acids is 9. The lowest BCUT2D eigenvalue weighted by molar-refractivity contribution is -0.136. The number of halogens is 5. The van der Waals surface area contributed by atoms with Crippen LogP contribution in [-0.2, 0) is 75.3 Å². The first-order valence-electron chi connectivity index (χ1n) is 41.2. The quantitative estimate of drug-likeness (QED) is 0.0526. The van der Waals surface area contributed by atoms with Gasteiger partial charge in [0.25, 0.3) is 29.5 Å². The van der Waals surface area contributed by atoms with Crippen LogP contribution >= 0.6 is 58.0 Å². The summed E-state index contributed by atoms with van der Waals surface area (Å²) in [5.74, 6) is 1.29. The third kappa shape index (κ3) is 22.8. The molecule has 0 amide bonds. The zero-order chi connectivity index (χ0) is 93.2. The smallest absolute Gasteiger partial charge is 0.307 e. The van der Waals surface area contributed by atoms with E-state index in [1.54, 1.807) is 226 Å². The van der Waals surface area contributed by atoms with Crippen molar-refractivity contribution >= 4 is 171 Å². The number of benzene rings is 9. The number of carbonyl (C=O) groups is 10. The van der Waals surface area contributed by atoms with Crippen molar-refractivity contribution in [3.63, 3.8) is 0 Å². The number of aryl methyl sites for hydroxylation is 2. The standard InChI is InChI=1S/2C22H22ClNO3.C21H20ClNO4.C18H15ClN2O3.C17H14ClN3O3/c1-4-20-18(11-5-14(2)25)19-13-17(27-3)10-12-21(19)24(20)22(26)15-6-8-16(23)9-7-15;1-4-18-19-13-17(27-3)10-12-21(19)24(20(18)11-5-14(2)25)22(26)15-6-8-16(23)9-7-15;1-3-4-18-17(12-20(24)25)16-11-15(27-2)9-10-19(16)23(18)21(26)13-5-7-14(22)8-6-13;1-11(22)9-16-15-10-14(24-2)7-8-17(15)21(20-16)18(23)12-3-5-13(19)6-4-12;1-10(22)9-13-16-14(7-8-15(19-16)24-2)21(20-13)17(23)11-3-5-12(18)6-4-11/h2*6-10,12-13H,4-5,11H2,1-3H3;5-11H,3-4,12H2,1-2H3,(H,24,25);3-8,10H,9H2,1-2H3;3-8H,9H2,1-2H3. The average Bonchev–Trinajstić information content (AvgIpc) is 1.61. The summed E-state index contributed by atoms with van der Waals surface area (Å²) in [5, 5.41) is 24.3. The fourth-order valence-electron chi connectivity index (χ4n) is 15.1. The van der Waals surface area contributed by atoms with Crippen molar-refractivity contribution in [2.75, 3.05) is 35.5 Å². The van der Waals surface area contributed by atoms with Gasteiger partial charge in [0.2, 0.25) is 5.88 Å². The number of aliphatic carboxylic acids is 1. The predicted octanol–water partition coefficient (Wildman–Crippen LogP) is 21.2. The number of ether oxygens (including phenoxy) is 5. The Hall–Kier alpha value is -13.4. The molecule has 6 aromatic heterocycles. The van der Waals surface area contributed by atoms with Gasteiger partial charge in [0.15, 0.2) is 0 Å². The molecule has 15 rings (SSSR count). The van der Waals surface area contributed by atoms with Gasteiger partial charge in [-0.3, -0.25) is 52.1 Å². The summed E-state index contributed by atoms with van der Waals surface area (Å²) < 4.78 is 34.1. The molecule has 0 aliphatic carbocycles. The van der Waals surface area contributed by atoms with Gasteiger partial charge in [0, 0.05) is 110 Å². The van der Waals surface area contributed by atoms with Crippen LogP contribution in [-0.4, -0.2) is 138 Å². The first-order chi connectivity index (χ1) is 61.8. The fourth-order valence-corrected chi connectivity index (χ4v) is 15.7. The van der Waals surface area contributed by atoms with Gasteiger partial charge >= 0.3 is 5.97 Å². The molecule has 0 radical (unpaired) electrons. The molecule has 29 heteroatoms. The minimum Gasteiger partial charge on any atom is -0.497 e. The van der Waals surface area contributed by atoms with Crippen molar-refractivity contribution in [3.8, 4) is 28.9 Å². The molecule has 0 spiro atoms. The van der Waals surface area contributed by atoms with Gasteiger partial charge in [-0.2, -0.15) is 19.6 Å². The number of hydrogen-bond acceptors (Lipinski definition) is 18. The summed E-state index contributed by atoms with van der Waals surface area (Å²) in [4.78, 5) is 127. The number of fused-ring (bicyclic) bond motifs is 5. The van der Waals surface area contributed by atoms with Gasteiger partial charge < -0.3 is 38.4 Å². The van der Waals surface area contributed by atoms with Crippen LogP contribution in [0.1, 0.15) is 165 Å². The van der Waals surface area contributed by atoms with Crippen molar-refractivity contribution in [1.82, 2.24) is 38.2 Å². The van der Waals surface area contributed by atoms with Crippen LogP contribution in [0.5, 0.6) is 28.9 Å². The summed E-state index contributed by atoms with van der Waals surface area (Å²) in [5.41, 5.74) is 12.8. The molecule has 0 aliphatic rings. The number of carboxylic acids is 1. The second kappa shape index (κ2) is 43.9. The highest BCUT2D eigenvalue weighted by atomic mass is 35.5. The van der Waals surface area contributed by atoms with Gasteiger partial charge in [-0.05, 0) is 277 Å². The molecular formula is C100H93Cl5N8O16. The molecule has 1 N–H and O–H groups in total. The van der Waals surface area contributed by atoms with Gasteiger partial charge in [0.1, 0.15) is 51.6 Å². The summed E-state index contributed by atoms with van der Waals surface area (Å²) >= 11 is 29.6. The predicted molar refractivity (Wildman–Crippen MR) is 503 cm³/mol. The normalized spacial score (nSPS) is 10.9. The molecule has 9 aromatic carbocycles. The summed E-state index contributed by atoms with van der Waals surface area (Å²) in [6.07, 6.45) is 4.89. The largest absolute Gasteiger partial charge is 0.497 e. The highest BCUT2D eigenvalue weighted by Gasteiger charge is 2.29.